The molecule has 0 saturated carbocycles. The van der Waals surface area contributed by atoms with Crippen molar-refractivity contribution in [2.45, 2.75) is 25.1 Å². The molecule has 1 aromatic heterocycles. The number of rotatable bonds is 4. The quantitative estimate of drug-likeness (QED) is 0.902. The Kier molecular flexibility index (Phi) is 4.83. The van der Waals surface area contributed by atoms with Crippen molar-refractivity contribution in [3.05, 3.63) is 52.8 Å². The van der Waals surface area contributed by atoms with Crippen LogP contribution in [0.5, 0.6) is 0 Å². The van der Waals surface area contributed by atoms with Gasteiger partial charge in [0.2, 0.25) is 0 Å². The van der Waals surface area contributed by atoms with Crippen molar-refractivity contribution in [1.82, 2.24) is 20.4 Å². The number of hydrogen-bond donors (Lipinski definition) is 2. The minimum Gasteiger partial charge on any atom is -0.371 e. The van der Waals surface area contributed by atoms with Gasteiger partial charge in [-0.05, 0) is 24.1 Å². The van der Waals surface area contributed by atoms with Crippen molar-refractivity contribution in [2.75, 3.05) is 6.61 Å². The van der Waals surface area contributed by atoms with Crippen LogP contribution in [0, 0.1) is 0 Å². The van der Waals surface area contributed by atoms with Crippen LogP contribution >= 0.6 is 11.6 Å². The van der Waals surface area contributed by atoms with Gasteiger partial charge in [-0.25, -0.2) is 4.79 Å². The van der Waals surface area contributed by atoms with Crippen LogP contribution in [0.4, 0.5) is 4.79 Å². The zero-order valence-electron chi connectivity index (χ0n) is 12.8. The van der Waals surface area contributed by atoms with Gasteiger partial charge in [0.15, 0.2) is 0 Å². The summed E-state index contributed by atoms with van der Waals surface area (Å²) in [6.45, 7) is 1.07. The third-order valence-corrected chi connectivity index (χ3v) is 4.07. The third kappa shape index (κ3) is 4.03. The lowest BCUT2D eigenvalue weighted by Crippen LogP contribution is -2.43. The van der Waals surface area contributed by atoms with E-state index in [-0.39, 0.29) is 18.2 Å². The highest BCUT2D eigenvalue weighted by Crippen LogP contribution is 2.29. The molecule has 1 aliphatic rings. The molecule has 6 nitrogen and oxygen atoms in total. The summed E-state index contributed by atoms with van der Waals surface area (Å²) < 4.78 is 7.46. The number of urea groups is 1. The van der Waals surface area contributed by atoms with Crippen molar-refractivity contribution < 1.29 is 9.53 Å². The van der Waals surface area contributed by atoms with Crippen LogP contribution in [0.15, 0.2) is 36.7 Å². The number of aryl methyl sites for hydroxylation is 1. The summed E-state index contributed by atoms with van der Waals surface area (Å²) in [6.07, 6.45) is 4.25. The predicted molar refractivity (Wildman–Crippen MR) is 87.1 cm³/mol. The van der Waals surface area contributed by atoms with Gasteiger partial charge in [-0.3, -0.25) is 4.68 Å². The highest BCUT2D eigenvalue weighted by atomic mass is 35.5. The molecule has 1 saturated heterocycles. The number of benzene rings is 1. The molecule has 2 aromatic rings. The summed E-state index contributed by atoms with van der Waals surface area (Å²) in [5, 5.41) is 10.6. The highest BCUT2D eigenvalue weighted by Gasteiger charge is 2.30. The molecule has 0 bridgehead atoms. The Balaban J connectivity index is 1.55. The maximum absolute atomic E-state index is 12.1. The molecule has 0 aliphatic carbocycles. The summed E-state index contributed by atoms with van der Waals surface area (Å²) in [4.78, 5) is 12.1. The molecule has 2 amide bonds. The summed E-state index contributed by atoms with van der Waals surface area (Å²) in [5.74, 6) is 0. The van der Waals surface area contributed by atoms with Crippen LogP contribution in [0.2, 0.25) is 5.02 Å². The summed E-state index contributed by atoms with van der Waals surface area (Å²) >= 11 is 5.91. The van der Waals surface area contributed by atoms with E-state index in [0.29, 0.717) is 18.2 Å². The average molecular weight is 335 g/mol. The standard InChI is InChI=1S/C16H19ClN4O2/c1-21-10-11(9-19-21)8-18-16(22)20-14-6-7-23-15(14)12-2-4-13(17)5-3-12/h2-5,9-10,14-15H,6-8H2,1H3,(H2,18,20,22)/t14-,15-/m0/s1. The minimum absolute atomic E-state index is 0.0509. The molecule has 0 spiro atoms. The van der Waals surface area contributed by atoms with E-state index in [1.165, 1.54) is 0 Å². The molecule has 1 fully saturated rings. The van der Waals surface area contributed by atoms with Crippen molar-refractivity contribution >= 4 is 17.6 Å². The molecule has 1 aromatic carbocycles. The number of carbonyl (C=O) groups excluding carboxylic acids is 1. The number of hydrogen-bond acceptors (Lipinski definition) is 3. The summed E-state index contributed by atoms with van der Waals surface area (Å²) in [5.41, 5.74) is 1.98. The van der Waals surface area contributed by atoms with Crippen molar-refractivity contribution in [2.24, 2.45) is 7.05 Å². The number of aromatic nitrogens is 2. The van der Waals surface area contributed by atoms with Gasteiger partial charge >= 0.3 is 6.03 Å². The van der Waals surface area contributed by atoms with Crippen LogP contribution in [-0.4, -0.2) is 28.5 Å². The molecule has 23 heavy (non-hydrogen) atoms. The lowest BCUT2D eigenvalue weighted by molar-refractivity contribution is 0.0999. The smallest absolute Gasteiger partial charge is 0.315 e. The SMILES string of the molecule is Cn1cc(CNC(=O)N[C@H]2CCO[C@H]2c2ccc(Cl)cc2)cn1. The summed E-state index contributed by atoms with van der Waals surface area (Å²) in [7, 11) is 1.84. The van der Waals surface area contributed by atoms with Crippen molar-refractivity contribution in [3.8, 4) is 0 Å². The Labute approximate surface area is 139 Å². The lowest BCUT2D eigenvalue weighted by Gasteiger charge is -2.20. The van der Waals surface area contributed by atoms with Crippen molar-refractivity contribution in [3.63, 3.8) is 0 Å². The molecule has 3 rings (SSSR count). The fourth-order valence-electron chi connectivity index (χ4n) is 2.68. The van der Waals surface area contributed by atoms with Crippen LogP contribution in [0.25, 0.3) is 0 Å². The Morgan fingerprint density at radius 2 is 2.22 bits per heavy atom. The van der Waals surface area contributed by atoms with E-state index in [0.717, 1.165) is 17.5 Å². The van der Waals surface area contributed by atoms with Crippen LogP contribution in [0.1, 0.15) is 23.7 Å². The second-order valence-corrected chi connectivity index (χ2v) is 6.02. The zero-order valence-corrected chi connectivity index (χ0v) is 13.6. The van der Waals surface area contributed by atoms with Crippen LogP contribution < -0.4 is 10.6 Å². The van der Waals surface area contributed by atoms with Gasteiger partial charge in [-0.2, -0.15) is 5.10 Å². The predicted octanol–water partition coefficient (Wildman–Crippen LogP) is 2.40. The van der Waals surface area contributed by atoms with Gasteiger partial charge in [-0.15, -0.1) is 0 Å². The van der Waals surface area contributed by atoms with Gasteiger partial charge in [0, 0.05) is 37.0 Å². The number of nitrogens with zero attached hydrogens (tertiary/aromatic N) is 2. The maximum Gasteiger partial charge on any atom is 0.315 e. The van der Waals surface area contributed by atoms with Gasteiger partial charge in [0.05, 0.1) is 12.2 Å². The zero-order chi connectivity index (χ0) is 16.2. The molecule has 7 heteroatoms. The Hall–Kier alpha value is -2.05. The van der Waals surface area contributed by atoms with Gasteiger partial charge in [-0.1, -0.05) is 23.7 Å². The molecule has 0 unspecified atom stereocenters. The van der Waals surface area contributed by atoms with E-state index in [4.69, 9.17) is 16.3 Å². The van der Waals surface area contributed by atoms with E-state index in [9.17, 15) is 4.79 Å². The second-order valence-electron chi connectivity index (χ2n) is 5.59. The number of nitrogens with one attached hydrogen (secondary N) is 2. The first kappa shape index (κ1) is 15.8. The Morgan fingerprint density at radius 3 is 2.91 bits per heavy atom. The van der Waals surface area contributed by atoms with Gasteiger partial charge in [0.25, 0.3) is 0 Å². The fourth-order valence-corrected chi connectivity index (χ4v) is 2.81. The number of ether oxygens (including phenoxy) is 1. The molecular weight excluding hydrogens is 316 g/mol. The highest BCUT2D eigenvalue weighted by molar-refractivity contribution is 6.30. The maximum atomic E-state index is 12.1. The van der Waals surface area contributed by atoms with Crippen LogP contribution in [-0.2, 0) is 18.3 Å². The number of halogens is 1. The first-order valence-electron chi connectivity index (χ1n) is 7.51. The Morgan fingerprint density at radius 1 is 1.43 bits per heavy atom. The average Bonchev–Trinajstić information content (AvgIpc) is 3.15. The number of carbonyl (C=O) groups is 1. The van der Waals surface area contributed by atoms with Crippen LogP contribution in [0.3, 0.4) is 0 Å². The summed E-state index contributed by atoms with van der Waals surface area (Å²) in [6, 6.07) is 7.27. The van der Waals surface area contributed by atoms with E-state index >= 15 is 0 Å². The molecule has 122 valence electrons. The normalized spacial score (nSPS) is 20.4. The Bertz CT molecular complexity index is 671. The molecule has 2 atom stereocenters. The molecule has 1 aliphatic heterocycles. The van der Waals surface area contributed by atoms with E-state index < -0.39 is 0 Å². The van der Waals surface area contributed by atoms with Gasteiger partial charge < -0.3 is 15.4 Å². The third-order valence-electron chi connectivity index (χ3n) is 3.82. The first-order valence-corrected chi connectivity index (χ1v) is 7.88. The second kappa shape index (κ2) is 7.02. The molecule has 2 N–H and O–H groups in total. The minimum atomic E-state index is -0.205. The largest absolute Gasteiger partial charge is 0.371 e. The fraction of sp³-hybridized carbons (Fsp3) is 0.375. The van der Waals surface area contributed by atoms with Gasteiger partial charge in [0.1, 0.15) is 6.10 Å². The van der Waals surface area contributed by atoms with Crippen molar-refractivity contribution in [1.29, 1.82) is 0 Å². The molecule has 2 heterocycles. The van der Waals surface area contributed by atoms with E-state index in [2.05, 4.69) is 15.7 Å². The molecule has 0 radical (unpaired) electrons. The topological polar surface area (TPSA) is 68.2 Å². The van der Waals surface area contributed by atoms with E-state index in [1.807, 2.05) is 37.5 Å². The monoisotopic (exact) mass is 334 g/mol. The lowest BCUT2D eigenvalue weighted by atomic mass is 10.0. The van der Waals surface area contributed by atoms with E-state index in [1.54, 1.807) is 10.9 Å². The number of amides is 2. The first-order chi connectivity index (χ1) is 11.1. The molecular formula is C16H19ClN4O2.